The summed E-state index contributed by atoms with van der Waals surface area (Å²) in [7, 11) is 0. The summed E-state index contributed by atoms with van der Waals surface area (Å²) in [6.45, 7) is 8.62. The van der Waals surface area contributed by atoms with Crippen LogP contribution in [0.25, 0.3) is 0 Å². The van der Waals surface area contributed by atoms with Crippen LogP contribution in [0.1, 0.15) is 43.7 Å². The molecule has 3 rings (SSSR count). The zero-order valence-electron chi connectivity index (χ0n) is 14.8. The van der Waals surface area contributed by atoms with E-state index in [2.05, 4.69) is 60.1 Å². The van der Waals surface area contributed by atoms with Crippen molar-refractivity contribution in [2.75, 3.05) is 19.7 Å². The number of hydrogen-bond acceptors (Lipinski definition) is 3. The molecule has 0 unspecified atom stereocenters. The number of hydrogen-bond donors (Lipinski definition) is 0. The van der Waals surface area contributed by atoms with Gasteiger partial charge < -0.3 is 4.74 Å². The molecule has 2 aromatic rings. The van der Waals surface area contributed by atoms with Crippen molar-refractivity contribution in [1.82, 2.24) is 9.88 Å². The van der Waals surface area contributed by atoms with Crippen molar-refractivity contribution >= 4 is 0 Å². The van der Waals surface area contributed by atoms with Crippen LogP contribution < -0.4 is 4.74 Å². The number of aromatic nitrogens is 1. The second-order valence-electron chi connectivity index (χ2n) is 7.11. The van der Waals surface area contributed by atoms with Crippen LogP contribution in [0.15, 0.2) is 48.8 Å². The molecule has 0 radical (unpaired) electrons. The van der Waals surface area contributed by atoms with E-state index < -0.39 is 0 Å². The summed E-state index contributed by atoms with van der Waals surface area (Å²) in [5.74, 6) is 2.24. The van der Waals surface area contributed by atoms with Crippen LogP contribution >= 0.6 is 0 Å². The van der Waals surface area contributed by atoms with Crippen LogP contribution in [0.3, 0.4) is 0 Å². The topological polar surface area (TPSA) is 25.4 Å². The molecule has 2 heterocycles. The quantitative estimate of drug-likeness (QED) is 0.782. The smallest absolute Gasteiger partial charge is 0.119 e. The highest BCUT2D eigenvalue weighted by Gasteiger charge is 2.19. The van der Waals surface area contributed by atoms with E-state index in [1.54, 1.807) is 0 Å². The monoisotopic (exact) mass is 324 g/mol. The zero-order valence-corrected chi connectivity index (χ0v) is 14.8. The second-order valence-corrected chi connectivity index (χ2v) is 7.11. The maximum absolute atomic E-state index is 6.01. The number of nitrogens with zero attached hydrogens (tertiary/aromatic N) is 2. The van der Waals surface area contributed by atoms with Gasteiger partial charge in [-0.2, -0.15) is 0 Å². The Morgan fingerprint density at radius 3 is 2.33 bits per heavy atom. The van der Waals surface area contributed by atoms with Crippen LogP contribution in [-0.2, 0) is 6.54 Å². The molecule has 0 saturated carbocycles. The van der Waals surface area contributed by atoms with E-state index in [1.807, 2.05) is 12.4 Å². The Hall–Kier alpha value is -1.87. The number of ether oxygens (including phenoxy) is 1. The molecule has 1 fully saturated rings. The first kappa shape index (κ1) is 17.0. The van der Waals surface area contributed by atoms with E-state index in [9.17, 15) is 0 Å². The molecule has 0 aliphatic carbocycles. The van der Waals surface area contributed by atoms with E-state index >= 15 is 0 Å². The third-order valence-electron chi connectivity index (χ3n) is 4.90. The summed E-state index contributed by atoms with van der Waals surface area (Å²) in [6, 6.07) is 12.8. The standard InChI is InChI=1S/C21H28N2O/c1-17(2)20-3-5-21(6-4-20)24-16-19-9-13-23(14-10-19)15-18-7-11-22-12-8-18/h3-8,11-12,17,19H,9-10,13-16H2,1-2H3. The molecular weight excluding hydrogens is 296 g/mol. The predicted octanol–water partition coefficient (Wildman–Crippen LogP) is 4.50. The largest absolute Gasteiger partial charge is 0.493 e. The van der Waals surface area contributed by atoms with Gasteiger partial charge in [0.25, 0.3) is 0 Å². The average Bonchev–Trinajstić information content (AvgIpc) is 2.62. The van der Waals surface area contributed by atoms with Gasteiger partial charge in [-0.1, -0.05) is 26.0 Å². The third kappa shape index (κ3) is 4.81. The highest BCUT2D eigenvalue weighted by molar-refractivity contribution is 5.28. The lowest BCUT2D eigenvalue weighted by molar-refractivity contribution is 0.136. The van der Waals surface area contributed by atoms with Gasteiger partial charge in [0, 0.05) is 18.9 Å². The number of rotatable bonds is 6. The highest BCUT2D eigenvalue weighted by Crippen LogP contribution is 2.22. The van der Waals surface area contributed by atoms with Gasteiger partial charge in [-0.05, 0) is 73.2 Å². The first-order valence-electron chi connectivity index (χ1n) is 9.04. The van der Waals surface area contributed by atoms with Crippen molar-refractivity contribution in [2.45, 2.75) is 39.2 Å². The molecule has 128 valence electrons. The molecule has 0 amide bonds. The minimum absolute atomic E-state index is 0.573. The molecule has 1 aliphatic heterocycles. The molecule has 1 aliphatic rings. The highest BCUT2D eigenvalue weighted by atomic mass is 16.5. The summed E-state index contributed by atoms with van der Waals surface area (Å²) in [4.78, 5) is 6.61. The second kappa shape index (κ2) is 8.29. The van der Waals surface area contributed by atoms with E-state index in [0.29, 0.717) is 11.8 Å². The van der Waals surface area contributed by atoms with E-state index in [4.69, 9.17) is 4.74 Å². The molecule has 24 heavy (non-hydrogen) atoms. The molecule has 0 spiro atoms. The fraction of sp³-hybridized carbons (Fsp3) is 0.476. The molecule has 0 atom stereocenters. The average molecular weight is 324 g/mol. The van der Waals surface area contributed by atoms with Crippen molar-refractivity contribution in [3.05, 3.63) is 59.9 Å². The van der Waals surface area contributed by atoms with E-state index in [-0.39, 0.29) is 0 Å². The van der Waals surface area contributed by atoms with Gasteiger partial charge >= 0.3 is 0 Å². The van der Waals surface area contributed by atoms with E-state index in [0.717, 1.165) is 32.0 Å². The van der Waals surface area contributed by atoms with Gasteiger partial charge in [-0.15, -0.1) is 0 Å². The third-order valence-corrected chi connectivity index (χ3v) is 4.90. The lowest BCUT2D eigenvalue weighted by atomic mass is 9.97. The van der Waals surface area contributed by atoms with Crippen molar-refractivity contribution < 1.29 is 4.74 Å². The van der Waals surface area contributed by atoms with Crippen LogP contribution in [0.4, 0.5) is 0 Å². The Balaban J connectivity index is 1.41. The first-order valence-corrected chi connectivity index (χ1v) is 9.04. The molecule has 0 N–H and O–H groups in total. The van der Waals surface area contributed by atoms with Crippen LogP contribution in [-0.4, -0.2) is 29.6 Å². The summed E-state index contributed by atoms with van der Waals surface area (Å²) in [5, 5.41) is 0. The predicted molar refractivity (Wildman–Crippen MR) is 98.3 cm³/mol. The lowest BCUT2D eigenvalue weighted by Crippen LogP contribution is -2.35. The molecule has 1 saturated heterocycles. The zero-order chi connectivity index (χ0) is 16.8. The number of likely N-dealkylation sites (tertiary alicyclic amines) is 1. The number of pyridine rings is 1. The Morgan fingerprint density at radius 2 is 1.71 bits per heavy atom. The molecule has 3 nitrogen and oxygen atoms in total. The molecule has 0 bridgehead atoms. The summed E-state index contributed by atoms with van der Waals surface area (Å²) in [6.07, 6.45) is 6.19. The number of piperidine rings is 1. The minimum Gasteiger partial charge on any atom is -0.493 e. The maximum Gasteiger partial charge on any atom is 0.119 e. The van der Waals surface area contributed by atoms with Gasteiger partial charge in [0.1, 0.15) is 5.75 Å². The minimum atomic E-state index is 0.573. The summed E-state index contributed by atoms with van der Waals surface area (Å²) in [5.41, 5.74) is 2.72. The molecule has 3 heteroatoms. The Bertz CT molecular complexity index is 601. The van der Waals surface area contributed by atoms with Gasteiger partial charge in [0.2, 0.25) is 0 Å². The lowest BCUT2D eigenvalue weighted by Gasteiger charge is -2.31. The van der Waals surface area contributed by atoms with Gasteiger partial charge in [0.05, 0.1) is 6.61 Å². The van der Waals surface area contributed by atoms with Gasteiger partial charge in [0.15, 0.2) is 0 Å². The van der Waals surface area contributed by atoms with Gasteiger partial charge in [-0.3, -0.25) is 9.88 Å². The van der Waals surface area contributed by atoms with Crippen LogP contribution in [0.5, 0.6) is 5.75 Å². The van der Waals surface area contributed by atoms with Crippen molar-refractivity contribution in [2.24, 2.45) is 5.92 Å². The van der Waals surface area contributed by atoms with Crippen molar-refractivity contribution in [3.8, 4) is 5.75 Å². The molecular formula is C21H28N2O. The van der Waals surface area contributed by atoms with Gasteiger partial charge in [-0.25, -0.2) is 0 Å². The Labute approximate surface area is 145 Å². The molecule has 1 aromatic carbocycles. The van der Waals surface area contributed by atoms with E-state index in [1.165, 1.54) is 24.0 Å². The van der Waals surface area contributed by atoms with Crippen molar-refractivity contribution in [1.29, 1.82) is 0 Å². The number of benzene rings is 1. The maximum atomic E-state index is 6.01. The SMILES string of the molecule is CC(C)c1ccc(OCC2CCN(Cc3ccncc3)CC2)cc1. The summed E-state index contributed by atoms with van der Waals surface area (Å²) < 4.78 is 6.01. The normalized spacial score (nSPS) is 16.5. The van der Waals surface area contributed by atoms with Crippen molar-refractivity contribution in [3.63, 3.8) is 0 Å². The fourth-order valence-corrected chi connectivity index (χ4v) is 3.22. The first-order chi connectivity index (χ1) is 11.7. The summed E-state index contributed by atoms with van der Waals surface area (Å²) >= 11 is 0. The molecule has 1 aromatic heterocycles. The fourth-order valence-electron chi connectivity index (χ4n) is 3.22. The van der Waals surface area contributed by atoms with Crippen LogP contribution in [0.2, 0.25) is 0 Å². The Kier molecular flexibility index (Phi) is 5.86. The van der Waals surface area contributed by atoms with Crippen LogP contribution in [0, 0.1) is 5.92 Å². The Morgan fingerprint density at radius 1 is 1.04 bits per heavy atom.